The van der Waals surface area contributed by atoms with Gasteiger partial charge in [-0.3, -0.25) is 9.59 Å². The van der Waals surface area contributed by atoms with Crippen LogP contribution < -0.4 is 5.32 Å². The molecule has 0 fully saturated rings. The monoisotopic (exact) mass is 458 g/mol. The molecule has 0 radical (unpaired) electrons. The lowest BCUT2D eigenvalue weighted by molar-refractivity contribution is -0.140. The van der Waals surface area contributed by atoms with E-state index in [9.17, 15) is 9.59 Å². The quantitative estimate of drug-likeness (QED) is 0.545. The minimum Gasteiger partial charge on any atom is -0.357 e. The van der Waals surface area contributed by atoms with Gasteiger partial charge in [-0.1, -0.05) is 40.9 Å². The maximum atomic E-state index is 12.9. The lowest BCUT2D eigenvalue weighted by Crippen LogP contribution is -2.46. The Morgan fingerprint density at radius 2 is 1.68 bits per heavy atom. The number of benzene rings is 2. The van der Waals surface area contributed by atoms with E-state index in [4.69, 9.17) is 34.8 Å². The van der Waals surface area contributed by atoms with Crippen molar-refractivity contribution in [3.05, 3.63) is 63.1 Å². The summed E-state index contributed by atoms with van der Waals surface area (Å²) < 4.78 is 0. The van der Waals surface area contributed by atoms with Gasteiger partial charge in [0.15, 0.2) is 0 Å². The minimum absolute atomic E-state index is 0.145. The molecule has 0 unspecified atom stereocenters. The third-order valence-electron chi connectivity index (χ3n) is 4.20. The van der Waals surface area contributed by atoms with Crippen molar-refractivity contribution in [2.45, 2.75) is 30.8 Å². The van der Waals surface area contributed by atoms with E-state index in [1.54, 1.807) is 43.9 Å². The van der Waals surface area contributed by atoms with Crippen LogP contribution in [0.1, 0.15) is 18.9 Å². The second-order valence-corrected chi connectivity index (χ2v) is 8.48. The first-order chi connectivity index (χ1) is 13.3. The van der Waals surface area contributed by atoms with Crippen molar-refractivity contribution in [2.24, 2.45) is 0 Å². The Balaban J connectivity index is 2.10. The number of rotatable bonds is 8. The van der Waals surface area contributed by atoms with Crippen LogP contribution in [0.15, 0.2) is 47.4 Å². The summed E-state index contributed by atoms with van der Waals surface area (Å²) in [7, 11) is 1.54. The molecule has 0 saturated heterocycles. The van der Waals surface area contributed by atoms with Crippen molar-refractivity contribution in [1.82, 2.24) is 10.2 Å². The molecular formula is C20H21Cl3N2O2S. The average Bonchev–Trinajstić information content (AvgIpc) is 2.68. The normalized spacial score (nSPS) is 11.8. The van der Waals surface area contributed by atoms with Gasteiger partial charge in [0.2, 0.25) is 11.8 Å². The molecule has 0 aromatic heterocycles. The molecule has 0 heterocycles. The third kappa shape index (κ3) is 6.31. The molecule has 2 rings (SSSR count). The number of hydrogen-bond donors (Lipinski definition) is 1. The van der Waals surface area contributed by atoms with E-state index in [0.29, 0.717) is 26.4 Å². The predicted molar refractivity (Wildman–Crippen MR) is 117 cm³/mol. The van der Waals surface area contributed by atoms with Gasteiger partial charge in [-0.25, -0.2) is 0 Å². The van der Waals surface area contributed by atoms with Crippen LogP contribution in [-0.2, 0) is 16.1 Å². The van der Waals surface area contributed by atoms with Crippen LogP contribution in [0.5, 0.6) is 0 Å². The summed E-state index contributed by atoms with van der Waals surface area (Å²) in [6.07, 6.45) is 0.275. The molecule has 2 aromatic carbocycles. The zero-order valence-electron chi connectivity index (χ0n) is 15.5. The molecule has 0 aliphatic heterocycles. The number of carbonyl (C=O) groups is 2. The summed E-state index contributed by atoms with van der Waals surface area (Å²) in [5.74, 6) is 0.184. The van der Waals surface area contributed by atoms with Gasteiger partial charge >= 0.3 is 0 Å². The van der Waals surface area contributed by atoms with Crippen molar-refractivity contribution in [3.8, 4) is 0 Å². The Morgan fingerprint density at radius 1 is 1.07 bits per heavy atom. The largest absolute Gasteiger partial charge is 0.357 e. The molecule has 2 aromatic rings. The van der Waals surface area contributed by atoms with E-state index in [1.807, 2.05) is 24.3 Å². The van der Waals surface area contributed by atoms with Crippen LogP contribution in [0, 0.1) is 0 Å². The molecule has 28 heavy (non-hydrogen) atoms. The van der Waals surface area contributed by atoms with Gasteiger partial charge in [-0.2, -0.15) is 0 Å². The Bertz CT molecular complexity index is 810. The van der Waals surface area contributed by atoms with Gasteiger partial charge in [0.05, 0.1) is 0 Å². The molecule has 0 aliphatic carbocycles. The molecule has 4 nitrogen and oxygen atoms in total. The van der Waals surface area contributed by atoms with Gasteiger partial charge < -0.3 is 10.2 Å². The zero-order chi connectivity index (χ0) is 20.7. The van der Waals surface area contributed by atoms with Crippen molar-refractivity contribution >= 4 is 58.4 Å². The number of halogens is 3. The van der Waals surface area contributed by atoms with Crippen LogP contribution in [0.3, 0.4) is 0 Å². The maximum Gasteiger partial charge on any atom is 0.242 e. The number of carbonyl (C=O) groups excluding carboxylic acids is 2. The van der Waals surface area contributed by atoms with Gasteiger partial charge in [0, 0.05) is 51.3 Å². The molecular weight excluding hydrogens is 439 g/mol. The smallest absolute Gasteiger partial charge is 0.242 e. The zero-order valence-corrected chi connectivity index (χ0v) is 18.6. The summed E-state index contributed by atoms with van der Waals surface area (Å²) in [6, 6.07) is 12.0. The molecule has 8 heteroatoms. The maximum absolute atomic E-state index is 12.9. The fourth-order valence-corrected chi connectivity index (χ4v) is 4.06. The van der Waals surface area contributed by atoms with Crippen LogP contribution in [0.4, 0.5) is 0 Å². The highest BCUT2D eigenvalue weighted by molar-refractivity contribution is 7.99. The summed E-state index contributed by atoms with van der Waals surface area (Å²) in [5, 5.41) is 4.18. The average molecular weight is 460 g/mol. The number of amides is 2. The summed E-state index contributed by atoms with van der Waals surface area (Å²) in [4.78, 5) is 27.6. The summed E-state index contributed by atoms with van der Waals surface area (Å²) >= 11 is 20.0. The van der Waals surface area contributed by atoms with E-state index in [0.717, 1.165) is 4.90 Å². The van der Waals surface area contributed by atoms with E-state index in [1.165, 1.54) is 4.90 Å². The molecule has 1 atom stereocenters. The Hall–Kier alpha value is -1.40. The molecule has 0 aliphatic rings. The molecule has 0 spiro atoms. The number of likely N-dealkylation sites (N-methyl/N-ethyl adjacent to an activating group) is 1. The first kappa shape index (κ1) is 22.9. The third-order valence-corrected chi connectivity index (χ3v) is 6.18. The second-order valence-electron chi connectivity index (χ2n) is 6.06. The molecule has 2 amide bonds. The lowest BCUT2D eigenvalue weighted by Gasteiger charge is -2.29. The van der Waals surface area contributed by atoms with E-state index in [-0.39, 0.29) is 24.8 Å². The highest BCUT2D eigenvalue weighted by atomic mass is 35.5. The number of thioether (sulfide) groups is 1. The van der Waals surface area contributed by atoms with Crippen LogP contribution in [0.2, 0.25) is 15.1 Å². The first-order valence-corrected chi connectivity index (χ1v) is 10.8. The van der Waals surface area contributed by atoms with Gasteiger partial charge in [-0.15, -0.1) is 11.8 Å². The van der Waals surface area contributed by atoms with Gasteiger partial charge in [-0.05, 0) is 43.3 Å². The van der Waals surface area contributed by atoms with Crippen molar-refractivity contribution < 1.29 is 9.59 Å². The van der Waals surface area contributed by atoms with Crippen LogP contribution >= 0.6 is 46.6 Å². The van der Waals surface area contributed by atoms with E-state index >= 15 is 0 Å². The van der Waals surface area contributed by atoms with E-state index < -0.39 is 6.04 Å². The van der Waals surface area contributed by atoms with E-state index in [2.05, 4.69) is 5.32 Å². The number of nitrogens with zero attached hydrogens (tertiary/aromatic N) is 1. The van der Waals surface area contributed by atoms with Crippen molar-refractivity contribution in [1.29, 1.82) is 0 Å². The van der Waals surface area contributed by atoms with Gasteiger partial charge in [0.25, 0.3) is 0 Å². The summed E-state index contributed by atoms with van der Waals surface area (Å²) in [5.41, 5.74) is 0.625. The topological polar surface area (TPSA) is 49.4 Å². The van der Waals surface area contributed by atoms with Crippen LogP contribution in [-0.4, -0.2) is 35.6 Å². The fraction of sp³-hybridized carbons (Fsp3) is 0.300. The second kappa shape index (κ2) is 11.0. The van der Waals surface area contributed by atoms with Gasteiger partial charge in [0.1, 0.15) is 6.04 Å². The van der Waals surface area contributed by atoms with Crippen LogP contribution in [0.25, 0.3) is 0 Å². The Morgan fingerprint density at radius 3 is 2.25 bits per heavy atom. The Labute approximate surface area is 184 Å². The first-order valence-electron chi connectivity index (χ1n) is 8.65. The molecule has 0 bridgehead atoms. The number of nitrogens with one attached hydrogen (secondary N) is 1. The predicted octanol–water partition coefficient (Wildman–Crippen LogP) is 5.29. The summed E-state index contributed by atoms with van der Waals surface area (Å²) in [6.45, 7) is 1.85. The molecule has 150 valence electrons. The SMILES string of the molecule is CNC(=O)[C@H](C)N(Cc1c(Cl)cccc1Cl)C(=O)CCSc1ccc(Cl)cc1. The molecule has 1 N–H and O–H groups in total. The Kier molecular flexibility index (Phi) is 8.96. The highest BCUT2D eigenvalue weighted by Crippen LogP contribution is 2.27. The molecule has 0 saturated carbocycles. The highest BCUT2D eigenvalue weighted by Gasteiger charge is 2.26. The van der Waals surface area contributed by atoms with Crippen molar-refractivity contribution in [2.75, 3.05) is 12.8 Å². The lowest BCUT2D eigenvalue weighted by atomic mass is 10.1. The minimum atomic E-state index is -0.648. The number of hydrogen-bond acceptors (Lipinski definition) is 3. The standard InChI is InChI=1S/C20H21Cl3N2O2S/c1-13(20(27)24-2)25(12-16-17(22)4-3-5-18(16)23)19(26)10-11-28-15-8-6-14(21)7-9-15/h3-9,13H,10-12H2,1-2H3,(H,24,27)/t13-/m0/s1. The fourth-order valence-electron chi connectivity index (χ4n) is 2.58. The van der Waals surface area contributed by atoms with Crippen molar-refractivity contribution in [3.63, 3.8) is 0 Å².